The highest BCUT2D eigenvalue weighted by molar-refractivity contribution is 7.98. The number of H-pyrrole nitrogens is 1. The van der Waals surface area contributed by atoms with Gasteiger partial charge >= 0.3 is 11.9 Å². The second-order valence-corrected chi connectivity index (χ2v) is 11.9. The van der Waals surface area contributed by atoms with Crippen molar-refractivity contribution in [2.24, 2.45) is 17.6 Å². The molecule has 1 heterocycles. The molecule has 5 atom stereocenters. The largest absolute Gasteiger partial charge is 0.481 e. The van der Waals surface area contributed by atoms with Gasteiger partial charge in [-0.2, -0.15) is 11.8 Å². The van der Waals surface area contributed by atoms with Crippen LogP contribution in [0.5, 0.6) is 0 Å². The molecule has 4 amide bonds. The van der Waals surface area contributed by atoms with Crippen molar-refractivity contribution in [2.75, 3.05) is 12.0 Å². The van der Waals surface area contributed by atoms with E-state index < -0.39 is 72.2 Å². The molecule has 0 aliphatic carbocycles. The molecule has 242 valence electrons. The van der Waals surface area contributed by atoms with Crippen LogP contribution in [0.2, 0.25) is 0 Å². The molecule has 0 aliphatic rings. The van der Waals surface area contributed by atoms with E-state index in [1.54, 1.807) is 20.1 Å². The first-order valence-corrected chi connectivity index (χ1v) is 15.4. The zero-order chi connectivity index (χ0) is 32.7. The molecule has 0 saturated heterocycles. The number of hydrogen-bond acceptors (Lipinski definition) is 9. The van der Waals surface area contributed by atoms with Crippen LogP contribution in [0.1, 0.15) is 59.1 Å². The Morgan fingerprint density at radius 2 is 1.42 bits per heavy atom. The molecule has 16 heteroatoms. The number of rotatable bonds is 20. The summed E-state index contributed by atoms with van der Waals surface area (Å²) in [6.45, 7) is 7.25. The van der Waals surface area contributed by atoms with E-state index >= 15 is 0 Å². The number of hydrogen-bond donors (Lipinski definition) is 8. The Labute approximate surface area is 255 Å². The van der Waals surface area contributed by atoms with Gasteiger partial charge in [0.1, 0.15) is 24.2 Å². The second-order valence-electron chi connectivity index (χ2n) is 11.0. The number of imidazole rings is 1. The van der Waals surface area contributed by atoms with E-state index in [1.807, 2.05) is 13.8 Å². The third kappa shape index (κ3) is 13.9. The number of carboxylic acid groups (broad SMARTS) is 2. The molecule has 0 aromatic carbocycles. The molecule has 0 unspecified atom stereocenters. The lowest BCUT2D eigenvalue weighted by molar-refractivity contribution is -0.143. The van der Waals surface area contributed by atoms with Crippen molar-refractivity contribution in [3.8, 4) is 0 Å². The number of nitrogens with zero attached hydrogens (tertiary/aromatic N) is 1. The minimum absolute atomic E-state index is 0.0117. The molecule has 0 fully saturated rings. The van der Waals surface area contributed by atoms with Gasteiger partial charge in [0.05, 0.1) is 18.1 Å². The van der Waals surface area contributed by atoms with Crippen LogP contribution in [0, 0.1) is 11.8 Å². The Kier molecular flexibility index (Phi) is 16.3. The van der Waals surface area contributed by atoms with E-state index in [-0.39, 0.29) is 37.5 Å². The Morgan fingerprint density at radius 3 is 1.93 bits per heavy atom. The summed E-state index contributed by atoms with van der Waals surface area (Å²) >= 11 is 1.39. The number of nitrogens with one attached hydrogen (secondary N) is 5. The van der Waals surface area contributed by atoms with Crippen molar-refractivity contribution in [3.05, 3.63) is 18.2 Å². The summed E-state index contributed by atoms with van der Waals surface area (Å²) in [6, 6.07) is -5.82. The van der Waals surface area contributed by atoms with Gasteiger partial charge < -0.3 is 42.2 Å². The molecule has 0 spiro atoms. The Bertz CT molecular complexity index is 1080. The van der Waals surface area contributed by atoms with E-state index in [9.17, 15) is 39.0 Å². The van der Waals surface area contributed by atoms with Gasteiger partial charge in [-0.05, 0) is 43.1 Å². The number of carbonyl (C=O) groups excluding carboxylic acids is 4. The van der Waals surface area contributed by atoms with Crippen LogP contribution in [-0.4, -0.2) is 98.0 Å². The maximum atomic E-state index is 13.5. The quantitative estimate of drug-likeness (QED) is 0.0926. The molecule has 0 saturated carbocycles. The summed E-state index contributed by atoms with van der Waals surface area (Å²) in [5.41, 5.74) is 6.36. The van der Waals surface area contributed by atoms with Crippen LogP contribution in [0.3, 0.4) is 0 Å². The Balaban J connectivity index is 3.23. The predicted molar refractivity (Wildman–Crippen MR) is 160 cm³/mol. The van der Waals surface area contributed by atoms with E-state index in [2.05, 4.69) is 31.2 Å². The van der Waals surface area contributed by atoms with E-state index in [1.165, 1.54) is 24.3 Å². The Hall–Kier alpha value is -3.66. The van der Waals surface area contributed by atoms with Crippen LogP contribution in [0.4, 0.5) is 0 Å². The predicted octanol–water partition coefficient (Wildman–Crippen LogP) is -0.377. The zero-order valence-electron chi connectivity index (χ0n) is 25.2. The highest BCUT2D eigenvalue weighted by Crippen LogP contribution is 2.10. The van der Waals surface area contributed by atoms with Crippen LogP contribution in [0.25, 0.3) is 0 Å². The molecule has 1 aromatic heterocycles. The van der Waals surface area contributed by atoms with Gasteiger partial charge in [0.25, 0.3) is 0 Å². The first-order valence-electron chi connectivity index (χ1n) is 14.0. The zero-order valence-corrected chi connectivity index (χ0v) is 26.0. The van der Waals surface area contributed by atoms with Gasteiger partial charge in [0.15, 0.2) is 0 Å². The van der Waals surface area contributed by atoms with Crippen molar-refractivity contribution in [2.45, 2.75) is 90.0 Å². The van der Waals surface area contributed by atoms with Crippen molar-refractivity contribution in [3.63, 3.8) is 0 Å². The van der Waals surface area contributed by atoms with Crippen molar-refractivity contribution in [1.82, 2.24) is 31.2 Å². The number of nitrogens with two attached hydrogens (primary N) is 1. The smallest absolute Gasteiger partial charge is 0.326 e. The van der Waals surface area contributed by atoms with Gasteiger partial charge in [-0.1, -0.05) is 27.7 Å². The van der Waals surface area contributed by atoms with Crippen molar-refractivity contribution in [1.29, 1.82) is 0 Å². The minimum Gasteiger partial charge on any atom is -0.481 e. The third-order valence-corrected chi connectivity index (χ3v) is 7.11. The lowest BCUT2D eigenvalue weighted by Gasteiger charge is -2.27. The van der Waals surface area contributed by atoms with Crippen molar-refractivity contribution >= 4 is 47.3 Å². The average Bonchev–Trinajstić information content (AvgIpc) is 3.44. The third-order valence-electron chi connectivity index (χ3n) is 6.47. The summed E-state index contributed by atoms with van der Waals surface area (Å²) < 4.78 is 0. The molecule has 43 heavy (non-hydrogen) atoms. The van der Waals surface area contributed by atoms with Crippen LogP contribution in [0.15, 0.2) is 12.5 Å². The topological polar surface area (TPSA) is 246 Å². The molecular formula is C27H45N7O8S. The fourth-order valence-electron chi connectivity index (χ4n) is 3.94. The maximum absolute atomic E-state index is 13.5. The summed E-state index contributed by atoms with van der Waals surface area (Å²) in [6.07, 6.45) is 4.11. The first-order chi connectivity index (χ1) is 20.2. The standard InChI is InChI=1S/C27H45N7O8S/c1-14(2)10-19(34-26(40)22(28)15(3)4)24(38)33-20(11-16-12-29-13-30-16)25(39)31-17(6-7-21(35)36)23(37)32-18(27(41)42)8-9-43-5/h12-15,17-20,22H,6-11,28H2,1-5H3,(H,29,30)(H,31,39)(H,32,37)(H,33,38)(H,34,40)(H,35,36)(H,41,42)/t17-,18-,19-,20-,22-/m0/s1. The van der Waals surface area contributed by atoms with Gasteiger partial charge in [-0.3, -0.25) is 24.0 Å². The maximum Gasteiger partial charge on any atom is 0.326 e. The molecular weight excluding hydrogens is 582 g/mol. The highest BCUT2D eigenvalue weighted by Gasteiger charge is 2.33. The number of amides is 4. The molecule has 0 radical (unpaired) electrons. The first kappa shape index (κ1) is 37.4. The fourth-order valence-corrected chi connectivity index (χ4v) is 4.41. The summed E-state index contributed by atoms with van der Waals surface area (Å²) in [5.74, 6) is -5.14. The van der Waals surface area contributed by atoms with E-state index in [0.29, 0.717) is 11.4 Å². The lowest BCUT2D eigenvalue weighted by Crippen LogP contribution is -2.59. The number of aromatic nitrogens is 2. The average molecular weight is 628 g/mol. The molecule has 9 N–H and O–H groups in total. The molecule has 15 nitrogen and oxygen atoms in total. The number of thioether (sulfide) groups is 1. The van der Waals surface area contributed by atoms with Crippen molar-refractivity contribution < 1.29 is 39.0 Å². The number of carbonyl (C=O) groups is 6. The van der Waals surface area contributed by atoms with Gasteiger partial charge in [-0.15, -0.1) is 0 Å². The highest BCUT2D eigenvalue weighted by atomic mass is 32.2. The van der Waals surface area contributed by atoms with Crippen LogP contribution in [-0.2, 0) is 35.2 Å². The molecule has 0 bridgehead atoms. The second kappa shape index (κ2) is 18.8. The SMILES string of the molecule is CSCC[C@H](NC(=O)[C@H](CCC(=O)O)NC(=O)[C@H](Cc1c[nH]cn1)NC(=O)[C@H](CC(C)C)NC(=O)[C@@H](N)C(C)C)C(=O)O. The molecule has 0 aliphatic heterocycles. The minimum atomic E-state index is -1.41. The summed E-state index contributed by atoms with van der Waals surface area (Å²) in [4.78, 5) is 82.4. The molecule has 1 rings (SSSR count). The Morgan fingerprint density at radius 1 is 0.860 bits per heavy atom. The monoisotopic (exact) mass is 627 g/mol. The van der Waals surface area contributed by atoms with Gasteiger partial charge in [-0.25, -0.2) is 9.78 Å². The number of carboxylic acids is 2. The molecule has 1 aromatic rings. The van der Waals surface area contributed by atoms with E-state index in [4.69, 9.17) is 5.73 Å². The fraction of sp³-hybridized carbons (Fsp3) is 0.667. The normalized spacial score (nSPS) is 14.7. The lowest BCUT2D eigenvalue weighted by atomic mass is 10.00. The van der Waals surface area contributed by atoms with Crippen LogP contribution >= 0.6 is 11.8 Å². The number of aromatic amines is 1. The number of aliphatic carboxylic acids is 2. The van der Waals surface area contributed by atoms with Gasteiger partial charge in [0.2, 0.25) is 23.6 Å². The van der Waals surface area contributed by atoms with E-state index in [0.717, 1.165) is 0 Å². The van der Waals surface area contributed by atoms with Crippen LogP contribution < -0.4 is 27.0 Å². The summed E-state index contributed by atoms with van der Waals surface area (Å²) in [7, 11) is 0. The summed E-state index contributed by atoms with van der Waals surface area (Å²) in [5, 5.41) is 28.8. The van der Waals surface area contributed by atoms with Gasteiger partial charge in [0, 0.05) is 19.0 Å².